The summed E-state index contributed by atoms with van der Waals surface area (Å²) in [6.07, 6.45) is 2.50. The summed E-state index contributed by atoms with van der Waals surface area (Å²) in [5.74, 6) is 0.755. The van der Waals surface area contributed by atoms with Crippen molar-refractivity contribution in [3.63, 3.8) is 0 Å². The molecular weight excluding hydrogens is 260 g/mol. The van der Waals surface area contributed by atoms with Crippen LogP contribution in [0.3, 0.4) is 0 Å². The first-order valence-electron chi connectivity index (χ1n) is 6.96. The second-order valence-corrected chi connectivity index (χ2v) is 5.94. The minimum absolute atomic E-state index is 0.144. The van der Waals surface area contributed by atoms with Crippen LogP contribution in [0.15, 0.2) is 18.2 Å². The SMILES string of the molecule is CC(C)Oc1ccc(NC2CCN(C)CC2)cc1Cl. The van der Waals surface area contributed by atoms with E-state index >= 15 is 0 Å². The Morgan fingerprint density at radius 2 is 2.00 bits per heavy atom. The predicted molar refractivity (Wildman–Crippen MR) is 81.4 cm³/mol. The number of benzene rings is 1. The highest BCUT2D eigenvalue weighted by atomic mass is 35.5. The van der Waals surface area contributed by atoms with Crippen LogP contribution in [0, 0.1) is 0 Å². The van der Waals surface area contributed by atoms with Crippen LogP contribution in [0.25, 0.3) is 0 Å². The molecule has 0 saturated carbocycles. The molecule has 3 nitrogen and oxygen atoms in total. The van der Waals surface area contributed by atoms with Crippen LogP contribution in [0.2, 0.25) is 5.02 Å². The quantitative estimate of drug-likeness (QED) is 0.913. The number of nitrogens with one attached hydrogen (secondary N) is 1. The normalized spacial score (nSPS) is 17.7. The molecule has 0 spiro atoms. The lowest BCUT2D eigenvalue weighted by Crippen LogP contribution is -2.36. The zero-order valence-electron chi connectivity index (χ0n) is 11.9. The van der Waals surface area contributed by atoms with Crippen molar-refractivity contribution in [3.8, 4) is 5.75 Å². The maximum atomic E-state index is 6.24. The molecular formula is C15H23ClN2O. The molecule has 2 rings (SSSR count). The van der Waals surface area contributed by atoms with Crippen LogP contribution < -0.4 is 10.1 Å². The minimum atomic E-state index is 0.144. The minimum Gasteiger partial charge on any atom is -0.489 e. The van der Waals surface area contributed by atoms with E-state index in [1.165, 1.54) is 12.8 Å². The van der Waals surface area contributed by atoms with Gasteiger partial charge in [0.25, 0.3) is 0 Å². The van der Waals surface area contributed by atoms with Gasteiger partial charge in [-0.25, -0.2) is 0 Å². The lowest BCUT2D eigenvalue weighted by molar-refractivity contribution is 0.242. The molecule has 1 saturated heterocycles. The number of hydrogen-bond acceptors (Lipinski definition) is 3. The number of rotatable bonds is 4. The van der Waals surface area contributed by atoms with Gasteiger partial charge in [-0.1, -0.05) is 11.6 Å². The molecule has 4 heteroatoms. The zero-order chi connectivity index (χ0) is 13.8. The van der Waals surface area contributed by atoms with Crippen LogP contribution in [0.1, 0.15) is 26.7 Å². The van der Waals surface area contributed by atoms with E-state index in [9.17, 15) is 0 Å². The Hall–Kier alpha value is -0.930. The number of likely N-dealkylation sites (tertiary alicyclic amines) is 1. The third kappa shape index (κ3) is 4.29. The summed E-state index contributed by atoms with van der Waals surface area (Å²) >= 11 is 6.24. The number of ether oxygens (including phenoxy) is 1. The molecule has 0 radical (unpaired) electrons. The fourth-order valence-corrected chi connectivity index (χ4v) is 2.55. The Labute approximate surface area is 120 Å². The lowest BCUT2D eigenvalue weighted by Gasteiger charge is -2.30. The number of nitrogens with zero attached hydrogens (tertiary/aromatic N) is 1. The van der Waals surface area contributed by atoms with E-state index in [-0.39, 0.29) is 6.10 Å². The molecule has 0 amide bonds. The summed E-state index contributed by atoms with van der Waals surface area (Å²) in [5.41, 5.74) is 1.08. The fourth-order valence-electron chi connectivity index (χ4n) is 2.33. The second-order valence-electron chi connectivity index (χ2n) is 5.53. The van der Waals surface area contributed by atoms with Gasteiger partial charge in [-0.3, -0.25) is 0 Å². The van der Waals surface area contributed by atoms with E-state index in [0.717, 1.165) is 24.5 Å². The summed E-state index contributed by atoms with van der Waals surface area (Å²) < 4.78 is 5.64. The van der Waals surface area contributed by atoms with E-state index < -0.39 is 0 Å². The van der Waals surface area contributed by atoms with Crippen LogP contribution >= 0.6 is 11.6 Å². The molecule has 0 aliphatic carbocycles. The van der Waals surface area contributed by atoms with Crippen molar-refractivity contribution >= 4 is 17.3 Å². The Kier molecular flexibility index (Phi) is 4.94. The molecule has 1 aromatic carbocycles. The molecule has 1 aliphatic rings. The largest absolute Gasteiger partial charge is 0.489 e. The molecule has 0 unspecified atom stereocenters. The number of halogens is 1. The highest BCUT2D eigenvalue weighted by Gasteiger charge is 2.16. The molecule has 1 N–H and O–H groups in total. The Balaban J connectivity index is 1.96. The topological polar surface area (TPSA) is 24.5 Å². The van der Waals surface area contributed by atoms with E-state index in [1.807, 2.05) is 32.0 Å². The summed E-state index contributed by atoms with van der Waals surface area (Å²) in [6, 6.07) is 6.49. The number of hydrogen-bond donors (Lipinski definition) is 1. The Morgan fingerprint density at radius 3 is 2.58 bits per heavy atom. The van der Waals surface area contributed by atoms with Crippen LogP contribution in [0.5, 0.6) is 5.75 Å². The van der Waals surface area contributed by atoms with Gasteiger partial charge in [0.2, 0.25) is 0 Å². The van der Waals surface area contributed by atoms with Gasteiger partial charge in [0, 0.05) is 11.7 Å². The highest BCUT2D eigenvalue weighted by Crippen LogP contribution is 2.29. The Bertz CT molecular complexity index is 415. The summed E-state index contributed by atoms with van der Waals surface area (Å²) in [5, 5.41) is 4.23. The van der Waals surface area contributed by atoms with E-state index in [2.05, 4.69) is 17.3 Å². The van der Waals surface area contributed by atoms with Gasteiger partial charge in [0.1, 0.15) is 5.75 Å². The highest BCUT2D eigenvalue weighted by molar-refractivity contribution is 6.32. The van der Waals surface area contributed by atoms with Crippen LogP contribution in [-0.2, 0) is 0 Å². The number of anilines is 1. The lowest BCUT2D eigenvalue weighted by atomic mass is 10.1. The molecule has 0 atom stereocenters. The molecule has 0 bridgehead atoms. The molecule has 19 heavy (non-hydrogen) atoms. The van der Waals surface area contributed by atoms with E-state index in [4.69, 9.17) is 16.3 Å². The molecule has 1 aliphatic heterocycles. The first-order chi connectivity index (χ1) is 9.04. The van der Waals surface area contributed by atoms with Gasteiger partial charge >= 0.3 is 0 Å². The smallest absolute Gasteiger partial charge is 0.138 e. The Morgan fingerprint density at radius 1 is 1.32 bits per heavy atom. The average Bonchev–Trinajstić information content (AvgIpc) is 2.35. The second kappa shape index (κ2) is 6.49. The van der Waals surface area contributed by atoms with E-state index in [0.29, 0.717) is 11.1 Å². The maximum absolute atomic E-state index is 6.24. The summed E-state index contributed by atoms with van der Waals surface area (Å²) in [7, 11) is 2.17. The van der Waals surface area contributed by atoms with Crippen molar-refractivity contribution < 1.29 is 4.74 Å². The molecule has 106 valence electrons. The van der Waals surface area contributed by atoms with Crippen LogP contribution in [-0.4, -0.2) is 37.2 Å². The van der Waals surface area contributed by atoms with Gasteiger partial charge in [-0.05, 0) is 65.0 Å². The van der Waals surface area contributed by atoms with Crippen molar-refractivity contribution in [2.24, 2.45) is 0 Å². The monoisotopic (exact) mass is 282 g/mol. The van der Waals surface area contributed by atoms with Crippen LogP contribution in [0.4, 0.5) is 5.69 Å². The van der Waals surface area contributed by atoms with Gasteiger partial charge in [-0.15, -0.1) is 0 Å². The summed E-state index contributed by atoms with van der Waals surface area (Å²) in [6.45, 7) is 6.31. The fraction of sp³-hybridized carbons (Fsp3) is 0.600. The van der Waals surface area contributed by atoms with Crippen molar-refractivity contribution in [2.75, 3.05) is 25.5 Å². The van der Waals surface area contributed by atoms with Crippen molar-refractivity contribution in [1.82, 2.24) is 4.90 Å². The van der Waals surface area contributed by atoms with Gasteiger partial charge < -0.3 is 15.0 Å². The molecule has 1 heterocycles. The average molecular weight is 283 g/mol. The predicted octanol–water partition coefficient (Wildman–Crippen LogP) is 3.63. The third-order valence-corrected chi connectivity index (χ3v) is 3.68. The zero-order valence-corrected chi connectivity index (χ0v) is 12.7. The molecule has 1 aromatic rings. The van der Waals surface area contributed by atoms with Crippen molar-refractivity contribution in [1.29, 1.82) is 0 Å². The third-order valence-electron chi connectivity index (χ3n) is 3.38. The van der Waals surface area contributed by atoms with Crippen molar-refractivity contribution in [3.05, 3.63) is 23.2 Å². The van der Waals surface area contributed by atoms with Crippen molar-refractivity contribution in [2.45, 2.75) is 38.8 Å². The molecule has 1 fully saturated rings. The van der Waals surface area contributed by atoms with Gasteiger partial charge in [-0.2, -0.15) is 0 Å². The van der Waals surface area contributed by atoms with Gasteiger partial charge in [0.05, 0.1) is 11.1 Å². The first kappa shape index (κ1) is 14.5. The first-order valence-corrected chi connectivity index (χ1v) is 7.33. The van der Waals surface area contributed by atoms with E-state index in [1.54, 1.807) is 0 Å². The number of piperidine rings is 1. The van der Waals surface area contributed by atoms with Gasteiger partial charge in [0.15, 0.2) is 0 Å². The standard InChI is InChI=1S/C15H23ClN2O/c1-11(2)19-15-5-4-13(10-14(15)16)17-12-6-8-18(3)9-7-12/h4-5,10-12,17H,6-9H2,1-3H3. The summed E-state index contributed by atoms with van der Waals surface area (Å²) in [4.78, 5) is 2.37. The maximum Gasteiger partial charge on any atom is 0.138 e. The molecule has 0 aromatic heterocycles.